The summed E-state index contributed by atoms with van der Waals surface area (Å²) in [7, 11) is 0. The first kappa shape index (κ1) is 15.6. The standard InChI is InChI=1S/C14H14N2O6/c1-14(2,3)22-12(17)11-10(15-13(18)21-11)8-5-4-6-9(7-8)16(19)20/h4-7,11H,1-3H3. The van der Waals surface area contributed by atoms with Crippen molar-refractivity contribution >= 4 is 23.5 Å². The highest BCUT2D eigenvalue weighted by atomic mass is 16.6. The highest BCUT2D eigenvalue weighted by Crippen LogP contribution is 2.22. The van der Waals surface area contributed by atoms with E-state index in [1.54, 1.807) is 20.8 Å². The molecule has 0 aliphatic carbocycles. The van der Waals surface area contributed by atoms with E-state index in [1.165, 1.54) is 24.3 Å². The Morgan fingerprint density at radius 2 is 2.09 bits per heavy atom. The minimum atomic E-state index is -1.33. The SMILES string of the molecule is CC(C)(C)OC(=O)C1OC(=O)N=C1c1cccc([N+](=O)[O-])c1. The van der Waals surface area contributed by atoms with E-state index >= 15 is 0 Å². The topological polar surface area (TPSA) is 108 Å². The highest BCUT2D eigenvalue weighted by Gasteiger charge is 2.38. The average Bonchev–Trinajstić information content (AvgIpc) is 2.79. The minimum absolute atomic E-state index is 0.00273. The smallest absolute Gasteiger partial charge is 0.435 e. The van der Waals surface area contributed by atoms with Crippen LogP contribution in [0, 0.1) is 10.1 Å². The number of esters is 1. The number of nitrogens with zero attached hydrogens (tertiary/aromatic N) is 2. The van der Waals surface area contributed by atoms with Gasteiger partial charge in [0.05, 0.1) is 4.92 Å². The van der Waals surface area contributed by atoms with Crippen LogP contribution in [0.3, 0.4) is 0 Å². The molecule has 1 aliphatic rings. The minimum Gasteiger partial charge on any atom is -0.457 e. The lowest BCUT2D eigenvalue weighted by molar-refractivity contribution is -0.384. The van der Waals surface area contributed by atoms with Crippen molar-refractivity contribution < 1.29 is 24.0 Å². The Morgan fingerprint density at radius 3 is 2.68 bits per heavy atom. The molecule has 0 saturated heterocycles. The van der Waals surface area contributed by atoms with Gasteiger partial charge in [0.15, 0.2) is 0 Å². The Hall–Kier alpha value is -2.77. The lowest BCUT2D eigenvalue weighted by Gasteiger charge is -2.22. The van der Waals surface area contributed by atoms with Crippen molar-refractivity contribution in [3.8, 4) is 0 Å². The second-order valence-corrected chi connectivity index (χ2v) is 5.60. The van der Waals surface area contributed by atoms with E-state index in [-0.39, 0.29) is 17.0 Å². The number of benzene rings is 1. The van der Waals surface area contributed by atoms with Gasteiger partial charge in [-0.1, -0.05) is 12.1 Å². The number of nitro benzene ring substituents is 1. The number of hydrogen-bond acceptors (Lipinski definition) is 6. The van der Waals surface area contributed by atoms with E-state index in [0.717, 1.165) is 0 Å². The monoisotopic (exact) mass is 306 g/mol. The lowest BCUT2D eigenvalue weighted by atomic mass is 10.0. The van der Waals surface area contributed by atoms with Gasteiger partial charge in [-0.3, -0.25) is 10.1 Å². The number of hydrogen-bond donors (Lipinski definition) is 0. The van der Waals surface area contributed by atoms with Crippen molar-refractivity contribution in [2.45, 2.75) is 32.5 Å². The molecule has 1 aliphatic heterocycles. The molecule has 1 heterocycles. The van der Waals surface area contributed by atoms with Crippen LogP contribution in [0.2, 0.25) is 0 Å². The fraction of sp³-hybridized carbons (Fsp3) is 0.357. The molecule has 22 heavy (non-hydrogen) atoms. The van der Waals surface area contributed by atoms with Gasteiger partial charge < -0.3 is 9.47 Å². The second kappa shape index (κ2) is 5.55. The van der Waals surface area contributed by atoms with E-state index in [0.29, 0.717) is 0 Å². The van der Waals surface area contributed by atoms with Gasteiger partial charge in [-0.05, 0) is 20.8 Å². The zero-order valence-corrected chi connectivity index (χ0v) is 12.2. The fourth-order valence-corrected chi connectivity index (χ4v) is 1.85. The van der Waals surface area contributed by atoms with Crippen LogP contribution in [-0.2, 0) is 14.3 Å². The summed E-state index contributed by atoms with van der Waals surface area (Å²) in [5.74, 6) is -0.774. The van der Waals surface area contributed by atoms with Crippen LogP contribution in [0.4, 0.5) is 10.5 Å². The summed E-state index contributed by atoms with van der Waals surface area (Å²) in [6.07, 6.45) is -2.26. The van der Waals surface area contributed by atoms with Crippen LogP contribution in [-0.4, -0.2) is 34.4 Å². The number of rotatable bonds is 3. The van der Waals surface area contributed by atoms with E-state index in [2.05, 4.69) is 4.99 Å². The molecule has 8 nitrogen and oxygen atoms in total. The molecule has 1 atom stereocenters. The quantitative estimate of drug-likeness (QED) is 0.481. The molecule has 0 bridgehead atoms. The second-order valence-electron chi connectivity index (χ2n) is 5.60. The van der Waals surface area contributed by atoms with Crippen molar-refractivity contribution in [1.82, 2.24) is 0 Å². The maximum atomic E-state index is 12.1. The van der Waals surface area contributed by atoms with Crippen molar-refractivity contribution in [2.24, 2.45) is 4.99 Å². The molecule has 2 rings (SSSR count). The molecule has 1 aromatic carbocycles. The molecule has 0 N–H and O–H groups in total. The van der Waals surface area contributed by atoms with Gasteiger partial charge in [-0.2, -0.15) is 4.99 Å². The van der Waals surface area contributed by atoms with Gasteiger partial charge in [0.2, 0.25) is 6.10 Å². The van der Waals surface area contributed by atoms with Gasteiger partial charge in [-0.15, -0.1) is 0 Å². The van der Waals surface area contributed by atoms with Crippen molar-refractivity contribution in [2.75, 3.05) is 0 Å². The summed E-state index contributed by atoms with van der Waals surface area (Å²) in [6.45, 7) is 5.02. The summed E-state index contributed by atoms with van der Waals surface area (Å²) < 4.78 is 10.0. The molecule has 1 amide bonds. The van der Waals surface area contributed by atoms with E-state index in [1.807, 2.05) is 0 Å². The zero-order chi connectivity index (χ0) is 16.5. The Kier molecular flexibility index (Phi) is 3.94. The van der Waals surface area contributed by atoms with Crippen LogP contribution in [0.5, 0.6) is 0 Å². The molecular formula is C14H14N2O6. The summed E-state index contributed by atoms with van der Waals surface area (Å²) in [4.78, 5) is 37.3. The molecule has 116 valence electrons. The number of non-ortho nitro benzene ring substituents is 1. The number of nitro groups is 1. The molecule has 1 aromatic rings. The molecular weight excluding hydrogens is 292 g/mol. The van der Waals surface area contributed by atoms with Gasteiger partial charge in [0.25, 0.3) is 5.69 Å². The third kappa shape index (κ3) is 3.46. The third-order valence-electron chi connectivity index (χ3n) is 2.65. The largest absolute Gasteiger partial charge is 0.457 e. The lowest BCUT2D eigenvalue weighted by Crippen LogP contribution is -2.36. The average molecular weight is 306 g/mol. The molecule has 0 spiro atoms. The number of cyclic esters (lactones) is 1. The maximum Gasteiger partial charge on any atom is 0.435 e. The summed E-state index contributed by atoms with van der Waals surface area (Å²) in [5, 5.41) is 10.8. The van der Waals surface area contributed by atoms with Crippen LogP contribution < -0.4 is 0 Å². The van der Waals surface area contributed by atoms with Gasteiger partial charge in [0.1, 0.15) is 11.3 Å². The van der Waals surface area contributed by atoms with E-state index < -0.39 is 28.7 Å². The number of ether oxygens (including phenoxy) is 2. The molecule has 8 heteroatoms. The molecule has 1 unspecified atom stereocenters. The van der Waals surface area contributed by atoms with Crippen LogP contribution in [0.1, 0.15) is 26.3 Å². The number of aliphatic imine (C=N–C) groups is 1. The van der Waals surface area contributed by atoms with Crippen molar-refractivity contribution in [3.05, 3.63) is 39.9 Å². The Bertz CT molecular complexity index is 674. The van der Waals surface area contributed by atoms with Crippen molar-refractivity contribution in [1.29, 1.82) is 0 Å². The van der Waals surface area contributed by atoms with E-state index in [4.69, 9.17) is 9.47 Å². The Labute approximate surface area is 125 Å². The summed E-state index contributed by atoms with van der Waals surface area (Å²) in [5.41, 5.74) is -0.679. The van der Waals surface area contributed by atoms with E-state index in [9.17, 15) is 19.7 Å². The van der Waals surface area contributed by atoms with Crippen LogP contribution in [0.15, 0.2) is 29.3 Å². The maximum absolute atomic E-state index is 12.1. The van der Waals surface area contributed by atoms with Crippen molar-refractivity contribution in [3.63, 3.8) is 0 Å². The summed E-state index contributed by atoms with van der Waals surface area (Å²) in [6, 6.07) is 5.46. The number of amides is 1. The molecule has 0 fully saturated rings. The molecule has 0 aromatic heterocycles. The predicted octanol–water partition coefficient (Wildman–Crippen LogP) is 2.24. The summed E-state index contributed by atoms with van der Waals surface area (Å²) >= 11 is 0. The highest BCUT2D eigenvalue weighted by molar-refractivity contribution is 6.20. The van der Waals surface area contributed by atoms with Crippen LogP contribution in [0.25, 0.3) is 0 Å². The first-order chi connectivity index (χ1) is 10.2. The zero-order valence-electron chi connectivity index (χ0n) is 12.2. The number of carbonyl (C=O) groups excluding carboxylic acids is 2. The molecule has 0 saturated carbocycles. The number of carbonyl (C=O) groups is 2. The van der Waals surface area contributed by atoms with Gasteiger partial charge in [0, 0.05) is 17.7 Å². The molecule has 0 radical (unpaired) electrons. The van der Waals surface area contributed by atoms with Crippen LogP contribution >= 0.6 is 0 Å². The first-order valence-corrected chi connectivity index (χ1v) is 6.44. The third-order valence-corrected chi connectivity index (χ3v) is 2.65. The first-order valence-electron chi connectivity index (χ1n) is 6.44. The van der Waals surface area contributed by atoms with Gasteiger partial charge in [-0.25, -0.2) is 9.59 Å². The van der Waals surface area contributed by atoms with Gasteiger partial charge >= 0.3 is 12.1 Å². The normalized spacial score (nSPS) is 17.7. The Balaban J connectivity index is 2.33. The Morgan fingerprint density at radius 1 is 1.41 bits per heavy atom. The predicted molar refractivity (Wildman–Crippen MR) is 75.7 cm³/mol. The fourth-order valence-electron chi connectivity index (χ4n) is 1.85.